The average molecular weight is 322 g/mol. The van der Waals surface area contributed by atoms with Crippen molar-refractivity contribution in [1.29, 1.82) is 0 Å². The molecule has 0 saturated heterocycles. The highest BCUT2D eigenvalue weighted by Gasteiger charge is 2.14. The van der Waals surface area contributed by atoms with Gasteiger partial charge >= 0.3 is 0 Å². The van der Waals surface area contributed by atoms with Crippen LogP contribution in [0, 0.1) is 5.82 Å². The zero-order valence-corrected chi connectivity index (χ0v) is 12.1. The summed E-state index contributed by atoms with van der Waals surface area (Å²) in [4.78, 5) is 16.3. The van der Waals surface area contributed by atoms with Gasteiger partial charge in [-0.15, -0.1) is 0 Å². The first-order chi connectivity index (χ1) is 9.11. The lowest BCUT2D eigenvalue weighted by atomic mass is 10.0. The molecule has 4 heteroatoms. The summed E-state index contributed by atoms with van der Waals surface area (Å²) in [5.74, 6) is -0.532. The van der Waals surface area contributed by atoms with E-state index in [9.17, 15) is 9.18 Å². The van der Waals surface area contributed by atoms with Crippen LogP contribution >= 0.6 is 15.9 Å². The van der Waals surface area contributed by atoms with E-state index in [0.717, 1.165) is 12.0 Å². The molecule has 1 aromatic carbocycles. The first kappa shape index (κ1) is 13.9. The van der Waals surface area contributed by atoms with Gasteiger partial charge in [-0.25, -0.2) is 4.39 Å². The second kappa shape index (κ2) is 6.06. The number of aromatic nitrogens is 1. The Morgan fingerprint density at radius 3 is 2.79 bits per heavy atom. The lowest BCUT2D eigenvalue weighted by Gasteiger charge is -2.06. The number of aryl methyl sites for hydroxylation is 1. The molecular formula is C15H13BrFNO. The number of ketones is 1. The van der Waals surface area contributed by atoms with Crippen molar-refractivity contribution in [2.24, 2.45) is 0 Å². The van der Waals surface area contributed by atoms with Crippen LogP contribution in [-0.2, 0) is 12.8 Å². The van der Waals surface area contributed by atoms with Gasteiger partial charge < -0.3 is 0 Å². The molecule has 0 radical (unpaired) electrons. The summed E-state index contributed by atoms with van der Waals surface area (Å²) in [5.41, 5.74) is 1.72. The van der Waals surface area contributed by atoms with E-state index in [1.165, 1.54) is 6.07 Å². The van der Waals surface area contributed by atoms with Gasteiger partial charge in [0.05, 0.1) is 0 Å². The number of benzene rings is 1. The first-order valence-electron chi connectivity index (χ1n) is 6.03. The molecule has 2 aromatic rings. The molecule has 2 rings (SSSR count). The van der Waals surface area contributed by atoms with Gasteiger partial charge in [0.15, 0.2) is 5.78 Å². The quantitative estimate of drug-likeness (QED) is 0.797. The second-order valence-corrected chi connectivity index (χ2v) is 5.12. The van der Waals surface area contributed by atoms with E-state index in [2.05, 4.69) is 20.9 Å². The predicted octanol–water partition coefficient (Wildman–Crippen LogP) is 3.97. The molecule has 0 unspecified atom stereocenters. The van der Waals surface area contributed by atoms with Crippen molar-refractivity contribution in [2.45, 2.75) is 19.8 Å². The zero-order valence-electron chi connectivity index (χ0n) is 10.5. The number of Topliss-reactive ketones (excluding diaryl/α,β-unsaturated/α-hetero) is 1. The Hall–Kier alpha value is -1.55. The minimum Gasteiger partial charge on any atom is -0.292 e. The molecule has 0 aliphatic rings. The van der Waals surface area contributed by atoms with Crippen molar-refractivity contribution in [3.63, 3.8) is 0 Å². The Morgan fingerprint density at radius 2 is 2.11 bits per heavy atom. The van der Waals surface area contributed by atoms with Gasteiger partial charge in [-0.05, 0) is 35.7 Å². The predicted molar refractivity (Wildman–Crippen MR) is 75.7 cm³/mol. The molecular weight excluding hydrogens is 309 g/mol. The topological polar surface area (TPSA) is 30.0 Å². The molecule has 0 saturated carbocycles. The highest BCUT2D eigenvalue weighted by Crippen LogP contribution is 2.17. The van der Waals surface area contributed by atoms with Gasteiger partial charge in [0.1, 0.15) is 11.5 Å². The third kappa shape index (κ3) is 3.26. The molecule has 19 heavy (non-hydrogen) atoms. The van der Waals surface area contributed by atoms with Crippen molar-refractivity contribution in [1.82, 2.24) is 4.98 Å². The molecule has 1 aromatic heterocycles. The molecule has 0 spiro atoms. The highest BCUT2D eigenvalue weighted by molar-refractivity contribution is 9.10. The smallest absolute Gasteiger partial charge is 0.185 e. The zero-order chi connectivity index (χ0) is 13.8. The van der Waals surface area contributed by atoms with Crippen LogP contribution in [0.25, 0.3) is 0 Å². The molecule has 0 aliphatic carbocycles. The van der Waals surface area contributed by atoms with Gasteiger partial charge in [0, 0.05) is 17.1 Å². The number of nitrogens with zero attached hydrogens (tertiary/aromatic N) is 1. The maximum Gasteiger partial charge on any atom is 0.185 e. The largest absolute Gasteiger partial charge is 0.292 e. The third-order valence-electron chi connectivity index (χ3n) is 2.90. The van der Waals surface area contributed by atoms with Crippen LogP contribution in [0.15, 0.2) is 41.0 Å². The average Bonchev–Trinajstić information content (AvgIpc) is 2.41. The Morgan fingerprint density at radius 1 is 1.32 bits per heavy atom. The Balaban J connectivity index is 2.26. The molecule has 98 valence electrons. The van der Waals surface area contributed by atoms with Crippen LogP contribution < -0.4 is 0 Å². The fourth-order valence-electron chi connectivity index (χ4n) is 1.90. The minimum absolute atomic E-state index is 0.0309. The fourth-order valence-corrected chi connectivity index (χ4v) is 2.23. The van der Waals surface area contributed by atoms with Crippen LogP contribution in [0.2, 0.25) is 0 Å². The van der Waals surface area contributed by atoms with Crippen LogP contribution in [0.1, 0.15) is 28.5 Å². The number of carbonyl (C=O) groups excluding carboxylic acids is 1. The van der Waals surface area contributed by atoms with Crippen LogP contribution in [0.4, 0.5) is 4.39 Å². The minimum atomic E-state index is -0.378. The molecule has 0 atom stereocenters. The molecule has 0 amide bonds. The summed E-state index contributed by atoms with van der Waals surface area (Å²) in [7, 11) is 0. The van der Waals surface area contributed by atoms with E-state index in [-0.39, 0.29) is 18.0 Å². The van der Waals surface area contributed by atoms with Crippen molar-refractivity contribution in [2.75, 3.05) is 0 Å². The second-order valence-electron chi connectivity index (χ2n) is 4.20. The SMILES string of the molecule is CCc1cccnc1C(=O)Cc1ccc(Br)cc1F. The van der Waals surface area contributed by atoms with Crippen molar-refractivity contribution in [3.8, 4) is 0 Å². The van der Waals surface area contributed by atoms with E-state index in [0.29, 0.717) is 15.7 Å². The van der Waals surface area contributed by atoms with E-state index < -0.39 is 0 Å². The maximum absolute atomic E-state index is 13.7. The normalized spacial score (nSPS) is 10.5. The van der Waals surface area contributed by atoms with Gasteiger partial charge in [-0.3, -0.25) is 9.78 Å². The number of carbonyl (C=O) groups is 1. The molecule has 0 fully saturated rings. The first-order valence-corrected chi connectivity index (χ1v) is 6.82. The Kier molecular flexibility index (Phi) is 4.43. The number of hydrogen-bond acceptors (Lipinski definition) is 2. The van der Waals surface area contributed by atoms with Gasteiger partial charge in [0.2, 0.25) is 0 Å². The van der Waals surface area contributed by atoms with Crippen LogP contribution in [0.5, 0.6) is 0 Å². The fraction of sp³-hybridized carbons (Fsp3) is 0.200. The Bertz CT molecular complexity index is 613. The van der Waals surface area contributed by atoms with E-state index in [4.69, 9.17) is 0 Å². The summed E-state index contributed by atoms with van der Waals surface area (Å²) < 4.78 is 14.4. The molecule has 0 aliphatic heterocycles. The van der Waals surface area contributed by atoms with Gasteiger partial charge in [-0.1, -0.05) is 35.0 Å². The van der Waals surface area contributed by atoms with Crippen molar-refractivity contribution in [3.05, 3.63) is 63.6 Å². The number of rotatable bonds is 4. The number of pyridine rings is 1. The van der Waals surface area contributed by atoms with E-state index in [1.54, 1.807) is 24.4 Å². The number of halogens is 2. The van der Waals surface area contributed by atoms with Gasteiger partial charge in [0.25, 0.3) is 0 Å². The number of hydrogen-bond donors (Lipinski definition) is 0. The lowest BCUT2D eigenvalue weighted by Crippen LogP contribution is -2.10. The standard InChI is InChI=1S/C15H13BrFNO/c1-2-10-4-3-7-18-15(10)14(19)8-11-5-6-12(16)9-13(11)17/h3-7,9H,2,8H2,1H3. The highest BCUT2D eigenvalue weighted by atomic mass is 79.9. The van der Waals surface area contributed by atoms with Crippen LogP contribution in [-0.4, -0.2) is 10.8 Å². The van der Waals surface area contributed by atoms with E-state index >= 15 is 0 Å². The van der Waals surface area contributed by atoms with Crippen LogP contribution in [0.3, 0.4) is 0 Å². The summed E-state index contributed by atoms with van der Waals surface area (Å²) in [6.07, 6.45) is 2.35. The maximum atomic E-state index is 13.7. The van der Waals surface area contributed by atoms with E-state index in [1.807, 2.05) is 13.0 Å². The summed E-state index contributed by atoms with van der Waals surface area (Å²) in [6, 6.07) is 8.38. The molecule has 0 N–H and O–H groups in total. The molecule has 0 bridgehead atoms. The third-order valence-corrected chi connectivity index (χ3v) is 3.40. The molecule has 1 heterocycles. The summed E-state index contributed by atoms with van der Waals surface area (Å²) in [6.45, 7) is 1.97. The summed E-state index contributed by atoms with van der Waals surface area (Å²) >= 11 is 3.19. The van der Waals surface area contributed by atoms with Gasteiger partial charge in [-0.2, -0.15) is 0 Å². The van der Waals surface area contributed by atoms with Crippen molar-refractivity contribution >= 4 is 21.7 Å². The summed E-state index contributed by atoms with van der Waals surface area (Å²) in [5, 5.41) is 0. The van der Waals surface area contributed by atoms with Crippen molar-refractivity contribution < 1.29 is 9.18 Å². The lowest BCUT2D eigenvalue weighted by molar-refractivity contribution is 0.0986. The monoisotopic (exact) mass is 321 g/mol. The Labute approximate surface area is 119 Å². The molecule has 2 nitrogen and oxygen atoms in total.